The van der Waals surface area contributed by atoms with Crippen LogP contribution < -0.4 is 5.32 Å². The number of carbonyl (C=O) groups is 1. The Morgan fingerprint density at radius 2 is 1.94 bits per heavy atom. The summed E-state index contributed by atoms with van der Waals surface area (Å²) in [5.74, 6) is -0.0315. The summed E-state index contributed by atoms with van der Waals surface area (Å²) < 4.78 is 5.35. The number of rotatable bonds is 2. The SMILES string of the molecule is CC(C)(C)c1ccc(NC(=O)[C@@H]2CCCO2)cc1. The van der Waals surface area contributed by atoms with E-state index in [9.17, 15) is 4.79 Å². The van der Waals surface area contributed by atoms with Crippen LogP contribution in [0.2, 0.25) is 0 Å². The topological polar surface area (TPSA) is 38.3 Å². The van der Waals surface area contributed by atoms with Gasteiger partial charge in [0.1, 0.15) is 6.10 Å². The van der Waals surface area contributed by atoms with E-state index in [1.54, 1.807) is 0 Å². The van der Waals surface area contributed by atoms with Gasteiger partial charge < -0.3 is 10.1 Å². The van der Waals surface area contributed by atoms with Gasteiger partial charge in [-0.3, -0.25) is 4.79 Å². The van der Waals surface area contributed by atoms with Gasteiger partial charge in [0.2, 0.25) is 0 Å². The van der Waals surface area contributed by atoms with Gasteiger partial charge in [-0.25, -0.2) is 0 Å². The summed E-state index contributed by atoms with van der Waals surface area (Å²) >= 11 is 0. The van der Waals surface area contributed by atoms with Crippen LogP contribution in [0.15, 0.2) is 24.3 Å². The fourth-order valence-corrected chi connectivity index (χ4v) is 2.06. The van der Waals surface area contributed by atoms with Gasteiger partial charge >= 0.3 is 0 Å². The number of hydrogen-bond acceptors (Lipinski definition) is 2. The second kappa shape index (κ2) is 5.11. The molecule has 0 spiro atoms. The number of hydrogen-bond donors (Lipinski definition) is 1. The van der Waals surface area contributed by atoms with Crippen molar-refractivity contribution in [3.8, 4) is 0 Å². The zero-order chi connectivity index (χ0) is 13.2. The molecule has 0 unspecified atom stereocenters. The maximum Gasteiger partial charge on any atom is 0.253 e. The lowest BCUT2D eigenvalue weighted by Crippen LogP contribution is -2.26. The van der Waals surface area contributed by atoms with Crippen molar-refractivity contribution in [3.05, 3.63) is 29.8 Å². The minimum atomic E-state index is -0.271. The van der Waals surface area contributed by atoms with Crippen LogP contribution in [0.1, 0.15) is 39.2 Å². The monoisotopic (exact) mass is 247 g/mol. The van der Waals surface area contributed by atoms with E-state index in [2.05, 4.69) is 38.2 Å². The molecular weight excluding hydrogens is 226 g/mol. The van der Waals surface area contributed by atoms with Crippen LogP contribution in [0, 0.1) is 0 Å². The summed E-state index contributed by atoms with van der Waals surface area (Å²) in [5.41, 5.74) is 2.23. The van der Waals surface area contributed by atoms with E-state index in [0.717, 1.165) is 18.5 Å². The zero-order valence-corrected chi connectivity index (χ0v) is 11.3. The van der Waals surface area contributed by atoms with Crippen molar-refractivity contribution in [2.45, 2.75) is 45.1 Å². The maximum atomic E-state index is 11.9. The standard InChI is InChI=1S/C15H21NO2/c1-15(2,3)11-6-8-12(9-7-11)16-14(17)13-5-4-10-18-13/h6-9,13H,4-5,10H2,1-3H3,(H,16,17)/t13-/m0/s1. The summed E-state index contributed by atoms with van der Waals surface area (Å²) in [6, 6.07) is 8.02. The lowest BCUT2D eigenvalue weighted by molar-refractivity contribution is -0.124. The van der Waals surface area contributed by atoms with Crippen molar-refractivity contribution in [1.82, 2.24) is 0 Å². The lowest BCUT2D eigenvalue weighted by Gasteiger charge is -2.19. The second-order valence-corrected chi connectivity index (χ2v) is 5.82. The third kappa shape index (κ3) is 3.10. The number of carbonyl (C=O) groups excluding carboxylic acids is 1. The number of benzene rings is 1. The maximum absolute atomic E-state index is 11.9. The molecule has 1 aliphatic rings. The first-order valence-electron chi connectivity index (χ1n) is 6.50. The Kier molecular flexibility index (Phi) is 3.71. The second-order valence-electron chi connectivity index (χ2n) is 5.82. The molecule has 1 N–H and O–H groups in total. The summed E-state index contributed by atoms with van der Waals surface area (Å²) in [5, 5.41) is 2.90. The van der Waals surface area contributed by atoms with Gasteiger partial charge in [-0.05, 0) is 36.0 Å². The van der Waals surface area contributed by atoms with Crippen LogP contribution in [-0.4, -0.2) is 18.6 Å². The normalized spacial score (nSPS) is 19.8. The average Bonchev–Trinajstić information content (AvgIpc) is 2.82. The molecule has 0 saturated carbocycles. The molecule has 0 aliphatic carbocycles. The van der Waals surface area contributed by atoms with Crippen LogP contribution in [0.3, 0.4) is 0 Å². The highest BCUT2D eigenvalue weighted by Crippen LogP contribution is 2.23. The van der Waals surface area contributed by atoms with Crippen LogP contribution >= 0.6 is 0 Å². The van der Waals surface area contributed by atoms with Gasteiger partial charge in [0, 0.05) is 12.3 Å². The Labute approximate surface area is 109 Å². The van der Waals surface area contributed by atoms with E-state index in [0.29, 0.717) is 6.61 Å². The van der Waals surface area contributed by atoms with E-state index < -0.39 is 0 Å². The van der Waals surface area contributed by atoms with Gasteiger partial charge in [-0.15, -0.1) is 0 Å². The molecule has 1 fully saturated rings. The van der Waals surface area contributed by atoms with Crippen LogP contribution in [0.25, 0.3) is 0 Å². The molecule has 2 rings (SSSR count). The van der Waals surface area contributed by atoms with Crippen molar-refractivity contribution < 1.29 is 9.53 Å². The summed E-state index contributed by atoms with van der Waals surface area (Å²) in [6.45, 7) is 7.22. The molecule has 0 bridgehead atoms. The van der Waals surface area contributed by atoms with E-state index in [-0.39, 0.29) is 17.4 Å². The highest BCUT2D eigenvalue weighted by Gasteiger charge is 2.23. The van der Waals surface area contributed by atoms with Gasteiger partial charge in [0.15, 0.2) is 0 Å². The van der Waals surface area contributed by atoms with Crippen molar-refractivity contribution >= 4 is 11.6 Å². The van der Waals surface area contributed by atoms with Crippen LogP contribution in [0.4, 0.5) is 5.69 Å². The number of nitrogens with one attached hydrogen (secondary N) is 1. The van der Waals surface area contributed by atoms with E-state index in [4.69, 9.17) is 4.74 Å². The molecule has 1 heterocycles. The summed E-state index contributed by atoms with van der Waals surface area (Å²) in [4.78, 5) is 11.9. The Hall–Kier alpha value is -1.35. The first-order valence-corrected chi connectivity index (χ1v) is 6.50. The molecule has 3 heteroatoms. The first-order chi connectivity index (χ1) is 8.47. The summed E-state index contributed by atoms with van der Waals surface area (Å²) in [7, 11) is 0. The molecule has 1 amide bonds. The molecule has 1 aromatic carbocycles. The highest BCUT2D eigenvalue weighted by molar-refractivity contribution is 5.94. The molecule has 0 aromatic heterocycles. The molecule has 1 atom stereocenters. The van der Waals surface area contributed by atoms with Gasteiger partial charge in [-0.1, -0.05) is 32.9 Å². The van der Waals surface area contributed by atoms with Gasteiger partial charge in [0.05, 0.1) is 0 Å². The Morgan fingerprint density at radius 3 is 2.44 bits per heavy atom. The van der Waals surface area contributed by atoms with E-state index in [1.165, 1.54) is 5.56 Å². The van der Waals surface area contributed by atoms with E-state index >= 15 is 0 Å². The molecular formula is C15H21NO2. The van der Waals surface area contributed by atoms with Gasteiger partial charge in [0.25, 0.3) is 5.91 Å². The van der Waals surface area contributed by atoms with Crippen molar-refractivity contribution in [3.63, 3.8) is 0 Å². The highest BCUT2D eigenvalue weighted by atomic mass is 16.5. The molecule has 0 radical (unpaired) electrons. The predicted molar refractivity (Wildman–Crippen MR) is 72.7 cm³/mol. The predicted octanol–water partition coefficient (Wildman–Crippen LogP) is 3.10. The third-order valence-corrected chi connectivity index (χ3v) is 3.24. The van der Waals surface area contributed by atoms with Crippen molar-refractivity contribution in [1.29, 1.82) is 0 Å². The Morgan fingerprint density at radius 1 is 1.28 bits per heavy atom. The molecule has 3 nitrogen and oxygen atoms in total. The average molecular weight is 247 g/mol. The Balaban J connectivity index is 2.00. The largest absolute Gasteiger partial charge is 0.368 e. The van der Waals surface area contributed by atoms with Crippen LogP contribution in [-0.2, 0) is 14.9 Å². The lowest BCUT2D eigenvalue weighted by atomic mass is 9.87. The molecule has 18 heavy (non-hydrogen) atoms. The molecule has 1 aromatic rings. The van der Waals surface area contributed by atoms with E-state index in [1.807, 2.05) is 12.1 Å². The van der Waals surface area contributed by atoms with Crippen LogP contribution in [0.5, 0.6) is 0 Å². The summed E-state index contributed by atoms with van der Waals surface area (Å²) in [6.07, 6.45) is 1.53. The molecule has 1 saturated heterocycles. The first kappa shape index (κ1) is 13.1. The smallest absolute Gasteiger partial charge is 0.253 e. The molecule has 1 aliphatic heterocycles. The third-order valence-electron chi connectivity index (χ3n) is 3.24. The minimum Gasteiger partial charge on any atom is -0.368 e. The minimum absolute atomic E-state index is 0.0315. The zero-order valence-electron chi connectivity index (χ0n) is 11.3. The number of amides is 1. The number of ether oxygens (including phenoxy) is 1. The fourth-order valence-electron chi connectivity index (χ4n) is 2.06. The van der Waals surface area contributed by atoms with Crippen molar-refractivity contribution in [2.24, 2.45) is 0 Å². The van der Waals surface area contributed by atoms with Crippen molar-refractivity contribution in [2.75, 3.05) is 11.9 Å². The fraction of sp³-hybridized carbons (Fsp3) is 0.533. The molecule has 98 valence electrons. The number of anilines is 1. The Bertz CT molecular complexity index is 411. The quantitative estimate of drug-likeness (QED) is 0.872. The van der Waals surface area contributed by atoms with Gasteiger partial charge in [-0.2, -0.15) is 0 Å².